The van der Waals surface area contributed by atoms with Gasteiger partial charge in [-0.1, -0.05) is 13.3 Å². The zero-order valence-electron chi connectivity index (χ0n) is 11.9. The number of nitrogens with zero attached hydrogens (tertiary/aromatic N) is 2. The summed E-state index contributed by atoms with van der Waals surface area (Å²) in [4.78, 5) is 23.3. The molecule has 0 aliphatic rings. The molecule has 0 saturated heterocycles. The summed E-state index contributed by atoms with van der Waals surface area (Å²) in [6, 6.07) is 1.51. The Hall–Kier alpha value is -1.36. The summed E-state index contributed by atoms with van der Waals surface area (Å²) in [7, 11) is 3.18. The predicted octanol–water partition coefficient (Wildman–Crippen LogP) is 0.752. The Morgan fingerprint density at radius 2 is 1.83 bits per heavy atom. The third-order valence-electron chi connectivity index (χ3n) is 3.25. The minimum atomic E-state index is -0.285. The van der Waals surface area contributed by atoms with E-state index in [0.717, 1.165) is 17.4 Å². The molecular weight excluding hydrogens is 230 g/mol. The van der Waals surface area contributed by atoms with Gasteiger partial charge in [0.25, 0.3) is 5.56 Å². The van der Waals surface area contributed by atoms with Crippen molar-refractivity contribution in [2.24, 2.45) is 14.1 Å². The van der Waals surface area contributed by atoms with Crippen LogP contribution in [-0.4, -0.2) is 14.7 Å². The van der Waals surface area contributed by atoms with Crippen LogP contribution in [0.2, 0.25) is 0 Å². The molecule has 102 valence electrons. The molecule has 1 heterocycles. The van der Waals surface area contributed by atoms with E-state index < -0.39 is 0 Å². The topological polar surface area (TPSA) is 56.0 Å². The van der Waals surface area contributed by atoms with Crippen molar-refractivity contribution in [1.29, 1.82) is 0 Å². The number of hydrogen-bond acceptors (Lipinski definition) is 3. The second-order valence-corrected chi connectivity index (χ2v) is 5.36. The second kappa shape index (κ2) is 5.52. The SMILES string of the molecule is CCCC(C)(C)NCc1cc(=O)n(C)c(=O)n1C. The van der Waals surface area contributed by atoms with Crippen molar-refractivity contribution in [2.45, 2.75) is 45.7 Å². The quantitative estimate of drug-likeness (QED) is 0.842. The standard InChI is InChI=1S/C13H23N3O2/c1-6-7-13(2,3)14-9-10-8-11(17)16(5)12(18)15(10)4/h8,14H,6-7,9H2,1-5H3. The predicted molar refractivity (Wildman–Crippen MR) is 72.8 cm³/mol. The van der Waals surface area contributed by atoms with Crippen molar-refractivity contribution in [1.82, 2.24) is 14.5 Å². The lowest BCUT2D eigenvalue weighted by molar-refractivity contribution is 0.351. The first-order valence-electron chi connectivity index (χ1n) is 6.29. The Labute approximate surface area is 107 Å². The molecule has 18 heavy (non-hydrogen) atoms. The van der Waals surface area contributed by atoms with Crippen LogP contribution < -0.4 is 16.6 Å². The van der Waals surface area contributed by atoms with Crippen LogP contribution in [0.3, 0.4) is 0 Å². The molecule has 0 unspecified atom stereocenters. The van der Waals surface area contributed by atoms with Crippen LogP contribution in [-0.2, 0) is 20.6 Å². The summed E-state index contributed by atoms with van der Waals surface area (Å²) in [6.07, 6.45) is 2.14. The lowest BCUT2D eigenvalue weighted by Crippen LogP contribution is -2.42. The second-order valence-electron chi connectivity index (χ2n) is 5.36. The molecule has 1 rings (SSSR count). The number of nitrogens with one attached hydrogen (secondary N) is 1. The highest BCUT2D eigenvalue weighted by molar-refractivity contribution is 5.02. The summed E-state index contributed by atoms with van der Waals surface area (Å²) in [5, 5.41) is 3.38. The Morgan fingerprint density at radius 1 is 1.22 bits per heavy atom. The van der Waals surface area contributed by atoms with Gasteiger partial charge in [-0.2, -0.15) is 0 Å². The number of aromatic nitrogens is 2. The van der Waals surface area contributed by atoms with Crippen molar-refractivity contribution in [2.75, 3.05) is 0 Å². The smallest absolute Gasteiger partial charge is 0.306 e. The van der Waals surface area contributed by atoms with Crippen LogP contribution in [0.4, 0.5) is 0 Å². The maximum Gasteiger partial charge on any atom is 0.330 e. The van der Waals surface area contributed by atoms with Gasteiger partial charge in [0.15, 0.2) is 0 Å². The largest absolute Gasteiger partial charge is 0.330 e. The molecule has 0 radical (unpaired) electrons. The minimum Gasteiger partial charge on any atom is -0.306 e. The zero-order chi connectivity index (χ0) is 13.9. The first-order chi connectivity index (χ1) is 8.28. The maximum atomic E-state index is 11.8. The Morgan fingerprint density at radius 3 is 2.39 bits per heavy atom. The highest BCUT2D eigenvalue weighted by atomic mass is 16.2. The third kappa shape index (κ3) is 3.32. The van der Waals surface area contributed by atoms with Gasteiger partial charge in [0, 0.05) is 37.9 Å². The van der Waals surface area contributed by atoms with Crippen LogP contribution in [0.25, 0.3) is 0 Å². The molecule has 1 N–H and O–H groups in total. The van der Waals surface area contributed by atoms with Gasteiger partial charge in [0.1, 0.15) is 0 Å². The molecule has 0 fully saturated rings. The van der Waals surface area contributed by atoms with Crippen LogP contribution in [0.15, 0.2) is 15.7 Å². The Bertz CT molecular complexity index is 526. The molecule has 0 aliphatic carbocycles. The van der Waals surface area contributed by atoms with Gasteiger partial charge < -0.3 is 5.32 Å². The fourth-order valence-electron chi connectivity index (χ4n) is 1.99. The van der Waals surface area contributed by atoms with E-state index in [9.17, 15) is 9.59 Å². The highest BCUT2D eigenvalue weighted by Crippen LogP contribution is 2.11. The van der Waals surface area contributed by atoms with Crippen molar-refractivity contribution < 1.29 is 0 Å². The summed E-state index contributed by atoms with van der Waals surface area (Å²) in [5.41, 5.74) is 0.175. The maximum absolute atomic E-state index is 11.8. The van der Waals surface area contributed by atoms with Gasteiger partial charge in [0.2, 0.25) is 0 Å². The molecule has 1 aromatic rings. The normalized spacial score (nSPS) is 11.8. The van der Waals surface area contributed by atoms with E-state index in [1.165, 1.54) is 17.7 Å². The molecule has 0 aliphatic heterocycles. The molecule has 0 atom stereocenters. The first kappa shape index (κ1) is 14.7. The number of hydrogen-bond donors (Lipinski definition) is 1. The molecule has 0 amide bonds. The summed E-state index contributed by atoms with van der Waals surface area (Å²) in [5.74, 6) is 0. The monoisotopic (exact) mass is 253 g/mol. The van der Waals surface area contributed by atoms with Gasteiger partial charge in [-0.25, -0.2) is 4.79 Å². The fraction of sp³-hybridized carbons (Fsp3) is 0.692. The van der Waals surface area contributed by atoms with E-state index in [-0.39, 0.29) is 16.8 Å². The molecule has 5 heteroatoms. The average Bonchev–Trinajstić information content (AvgIpc) is 2.29. The van der Waals surface area contributed by atoms with Crippen LogP contribution in [0.1, 0.15) is 39.3 Å². The van der Waals surface area contributed by atoms with Crippen molar-refractivity contribution in [3.05, 3.63) is 32.6 Å². The molecule has 0 aromatic carbocycles. The molecule has 1 aromatic heterocycles. The zero-order valence-corrected chi connectivity index (χ0v) is 11.9. The summed E-state index contributed by atoms with van der Waals surface area (Å²) >= 11 is 0. The lowest BCUT2D eigenvalue weighted by atomic mass is 9.99. The van der Waals surface area contributed by atoms with E-state index in [0.29, 0.717) is 12.2 Å². The molecule has 5 nitrogen and oxygen atoms in total. The Kier molecular flexibility index (Phi) is 4.51. The van der Waals surface area contributed by atoms with Gasteiger partial charge >= 0.3 is 5.69 Å². The highest BCUT2D eigenvalue weighted by Gasteiger charge is 2.16. The molecule has 0 bridgehead atoms. The van der Waals surface area contributed by atoms with Crippen LogP contribution >= 0.6 is 0 Å². The van der Waals surface area contributed by atoms with Gasteiger partial charge in [-0.05, 0) is 20.3 Å². The van der Waals surface area contributed by atoms with Crippen LogP contribution in [0, 0.1) is 0 Å². The van der Waals surface area contributed by atoms with Gasteiger partial charge in [-0.3, -0.25) is 13.9 Å². The molecule has 0 saturated carbocycles. The fourth-order valence-corrected chi connectivity index (χ4v) is 1.99. The summed E-state index contributed by atoms with van der Waals surface area (Å²) in [6.45, 7) is 6.90. The van der Waals surface area contributed by atoms with Gasteiger partial charge in [-0.15, -0.1) is 0 Å². The first-order valence-corrected chi connectivity index (χ1v) is 6.29. The lowest BCUT2D eigenvalue weighted by Gasteiger charge is -2.26. The molecule has 0 spiro atoms. The number of rotatable bonds is 5. The van der Waals surface area contributed by atoms with E-state index in [1.54, 1.807) is 7.05 Å². The van der Waals surface area contributed by atoms with E-state index >= 15 is 0 Å². The minimum absolute atomic E-state index is 0.00583. The van der Waals surface area contributed by atoms with E-state index in [1.807, 2.05) is 0 Å². The third-order valence-corrected chi connectivity index (χ3v) is 3.25. The van der Waals surface area contributed by atoms with E-state index in [4.69, 9.17) is 0 Å². The van der Waals surface area contributed by atoms with Crippen LogP contribution in [0.5, 0.6) is 0 Å². The summed E-state index contributed by atoms with van der Waals surface area (Å²) < 4.78 is 2.62. The Balaban J connectivity index is 2.94. The van der Waals surface area contributed by atoms with Crippen molar-refractivity contribution in [3.8, 4) is 0 Å². The average molecular weight is 253 g/mol. The van der Waals surface area contributed by atoms with Gasteiger partial charge in [0.05, 0.1) is 0 Å². The molecular formula is C13H23N3O2. The van der Waals surface area contributed by atoms with Crippen molar-refractivity contribution in [3.63, 3.8) is 0 Å². The van der Waals surface area contributed by atoms with Crippen molar-refractivity contribution >= 4 is 0 Å². The van der Waals surface area contributed by atoms with E-state index in [2.05, 4.69) is 26.1 Å².